The summed E-state index contributed by atoms with van der Waals surface area (Å²) in [5, 5.41) is 2.32. The number of pyridine rings is 2. The van der Waals surface area contributed by atoms with Crippen molar-refractivity contribution in [2.75, 3.05) is 16.5 Å². The monoisotopic (exact) mass is 661 g/mol. The van der Waals surface area contributed by atoms with Crippen LogP contribution in [0, 0.1) is 0 Å². The first-order valence-electron chi connectivity index (χ1n) is 17.4. The van der Waals surface area contributed by atoms with Gasteiger partial charge in [0.1, 0.15) is 29.8 Å². The third-order valence-corrected chi connectivity index (χ3v) is 10.1. The van der Waals surface area contributed by atoms with Crippen molar-refractivity contribution in [1.29, 1.82) is 0 Å². The fourth-order valence-corrected chi connectivity index (χ4v) is 7.66. The van der Waals surface area contributed by atoms with Crippen LogP contribution >= 0.6 is 0 Å². The number of anilines is 4. The number of aromatic nitrogens is 3. The number of benzene rings is 5. The Morgan fingerprint density at radius 1 is 0.510 bits per heavy atom. The molecule has 3 aromatic heterocycles. The molecule has 0 atom stereocenters. The van der Waals surface area contributed by atoms with Gasteiger partial charge in [-0.25, -0.2) is 9.97 Å². The molecule has 0 aliphatic carbocycles. The van der Waals surface area contributed by atoms with Gasteiger partial charge in [0, 0.05) is 45.5 Å². The quantitative estimate of drug-likeness (QED) is 0.162. The molecule has 246 valence electrons. The van der Waals surface area contributed by atoms with Crippen LogP contribution in [0.5, 0.6) is 11.5 Å². The Hall–Kier alpha value is -6.40. The average Bonchev–Trinajstić information content (AvgIpc) is 3.70. The van der Waals surface area contributed by atoms with E-state index < -0.39 is 0 Å². The van der Waals surface area contributed by atoms with Crippen molar-refractivity contribution >= 4 is 44.7 Å². The first-order valence-corrected chi connectivity index (χ1v) is 17.4. The van der Waals surface area contributed by atoms with Gasteiger partial charge in [-0.05, 0) is 54.1 Å². The maximum atomic E-state index is 6.80. The molecule has 8 aromatic rings. The van der Waals surface area contributed by atoms with Gasteiger partial charge in [-0.2, -0.15) is 0 Å². The zero-order valence-corrected chi connectivity index (χ0v) is 28.7. The van der Waals surface area contributed by atoms with Crippen molar-refractivity contribution in [3.05, 3.63) is 151 Å². The van der Waals surface area contributed by atoms with E-state index in [9.17, 15) is 0 Å². The summed E-state index contributed by atoms with van der Waals surface area (Å²) < 4.78 is 9.05. The van der Waals surface area contributed by atoms with Crippen LogP contribution in [0.2, 0.25) is 0 Å². The molecule has 0 amide bonds. The number of rotatable bonds is 0. The smallest absolute Gasteiger partial charge is 0.138 e. The van der Waals surface area contributed by atoms with Gasteiger partial charge in [0.05, 0.1) is 39.5 Å². The summed E-state index contributed by atoms with van der Waals surface area (Å²) in [5.74, 6) is 3.20. The molecule has 0 spiro atoms. The first kappa shape index (κ1) is 29.5. The molecular weight excluding hydrogens is 627 g/mol. The van der Waals surface area contributed by atoms with E-state index in [-0.39, 0.29) is 5.41 Å². The molecule has 2 aliphatic rings. The predicted molar refractivity (Wildman–Crippen MR) is 208 cm³/mol. The summed E-state index contributed by atoms with van der Waals surface area (Å²) in [6.45, 7) is 7.19. The number of nitrogens with zero attached hydrogens (tertiary/aromatic N) is 5. The molecule has 6 heteroatoms. The third kappa shape index (κ3) is 4.71. The Labute approximate surface area is 296 Å². The predicted octanol–water partition coefficient (Wildman–Crippen LogP) is 11.6. The van der Waals surface area contributed by atoms with Crippen LogP contribution in [0.25, 0.3) is 50.0 Å². The summed E-state index contributed by atoms with van der Waals surface area (Å²) in [6, 6.07) is 51.3. The molecule has 0 saturated carbocycles. The lowest BCUT2D eigenvalue weighted by Gasteiger charge is -2.26. The molecule has 51 heavy (non-hydrogen) atoms. The molecule has 5 heterocycles. The first-order chi connectivity index (χ1) is 24.9. The normalized spacial score (nSPS) is 13.4. The van der Waals surface area contributed by atoms with Crippen LogP contribution in [0.3, 0.4) is 0 Å². The summed E-state index contributed by atoms with van der Waals surface area (Å²) in [5.41, 5.74) is 10.5. The van der Waals surface area contributed by atoms with Crippen molar-refractivity contribution < 1.29 is 4.74 Å². The van der Waals surface area contributed by atoms with Gasteiger partial charge in [0.25, 0.3) is 0 Å². The van der Waals surface area contributed by atoms with Gasteiger partial charge in [-0.15, -0.1) is 0 Å². The number of hydrogen-bond donors (Lipinski definition) is 0. The second-order valence-corrected chi connectivity index (χ2v) is 14.4. The third-order valence-electron chi connectivity index (χ3n) is 10.1. The summed E-state index contributed by atoms with van der Waals surface area (Å²) in [4.78, 5) is 15.4. The molecule has 5 aromatic carbocycles. The number of hydrogen-bond acceptors (Lipinski definition) is 5. The molecular formula is C45H35N5O. The van der Waals surface area contributed by atoms with Gasteiger partial charge in [0.15, 0.2) is 0 Å². The molecule has 0 N–H and O–H groups in total. The Balaban J connectivity index is 1.29. The largest absolute Gasteiger partial charge is 0.457 e. The maximum Gasteiger partial charge on any atom is 0.138 e. The van der Waals surface area contributed by atoms with Crippen molar-refractivity contribution in [1.82, 2.24) is 14.5 Å². The Kier molecular flexibility index (Phi) is 6.40. The molecule has 8 bridgehead atoms. The standard InChI is InChI=1S/C45H35N5O/c1-45(2,3)42-26-30-27-44(47-42)49-28-48(39-20-10-11-21-40(39)49)37-18-8-6-15-33(37)31-13-4-5-14-32(31)36-17-12-22-43(46-36)50-38-19-9-7-16-34(38)35-24-23-29(51-30)25-41(35)50/h4-27H,28H2,1-3H3. The Morgan fingerprint density at radius 2 is 1.20 bits per heavy atom. The average molecular weight is 662 g/mol. The lowest BCUT2D eigenvalue weighted by molar-refractivity contribution is 0.476. The number of ether oxygens (including phenoxy) is 1. The van der Waals surface area contributed by atoms with E-state index >= 15 is 0 Å². The molecule has 6 nitrogen and oxygen atoms in total. The van der Waals surface area contributed by atoms with E-state index in [0.29, 0.717) is 6.67 Å². The fourth-order valence-electron chi connectivity index (χ4n) is 7.66. The van der Waals surface area contributed by atoms with Crippen LogP contribution < -0.4 is 14.5 Å². The van der Waals surface area contributed by atoms with E-state index in [1.54, 1.807) is 0 Å². The molecule has 0 saturated heterocycles. The highest BCUT2D eigenvalue weighted by Crippen LogP contribution is 2.48. The van der Waals surface area contributed by atoms with Crippen molar-refractivity contribution in [2.24, 2.45) is 0 Å². The lowest BCUT2D eigenvalue weighted by atomic mass is 9.91. The van der Waals surface area contributed by atoms with Crippen LogP contribution in [0.1, 0.15) is 26.5 Å². The van der Waals surface area contributed by atoms with Gasteiger partial charge >= 0.3 is 0 Å². The molecule has 0 unspecified atom stereocenters. The van der Waals surface area contributed by atoms with Gasteiger partial charge < -0.3 is 14.5 Å². The zero-order chi connectivity index (χ0) is 34.3. The highest BCUT2D eigenvalue weighted by atomic mass is 16.5. The van der Waals surface area contributed by atoms with E-state index in [1.807, 2.05) is 0 Å². The maximum absolute atomic E-state index is 6.80. The van der Waals surface area contributed by atoms with E-state index in [2.05, 4.69) is 181 Å². The van der Waals surface area contributed by atoms with Gasteiger partial charge in [0.2, 0.25) is 0 Å². The minimum absolute atomic E-state index is 0.201. The summed E-state index contributed by atoms with van der Waals surface area (Å²) in [6.07, 6.45) is 0. The zero-order valence-electron chi connectivity index (χ0n) is 28.7. The van der Waals surface area contributed by atoms with Crippen LogP contribution in [0.4, 0.5) is 22.9 Å². The SMILES string of the molecule is CC(C)(C)c1cc2cc(n1)N1CN(c3ccccc3-c3ccccc3-c3cccc(n3)-n3c4ccccc4c4ccc(cc43)O2)c2ccccc21. The number of fused-ring (bicyclic) bond motifs is 20. The van der Waals surface area contributed by atoms with Gasteiger partial charge in [-0.3, -0.25) is 4.57 Å². The van der Waals surface area contributed by atoms with E-state index in [1.165, 1.54) is 5.39 Å². The summed E-state index contributed by atoms with van der Waals surface area (Å²) >= 11 is 0. The molecule has 0 radical (unpaired) electrons. The van der Waals surface area contributed by atoms with Crippen LogP contribution in [-0.4, -0.2) is 21.2 Å². The molecule has 2 aliphatic heterocycles. The highest BCUT2D eigenvalue weighted by molar-refractivity contribution is 6.09. The second kappa shape index (κ2) is 11.1. The highest BCUT2D eigenvalue weighted by Gasteiger charge is 2.32. The Morgan fingerprint density at radius 3 is 2.02 bits per heavy atom. The number of para-hydroxylation sites is 4. The lowest BCUT2D eigenvalue weighted by Crippen LogP contribution is -2.26. The minimum Gasteiger partial charge on any atom is -0.457 e. The summed E-state index contributed by atoms with van der Waals surface area (Å²) in [7, 11) is 0. The van der Waals surface area contributed by atoms with Crippen molar-refractivity contribution in [2.45, 2.75) is 26.2 Å². The second-order valence-electron chi connectivity index (χ2n) is 14.4. The van der Waals surface area contributed by atoms with E-state index in [4.69, 9.17) is 14.7 Å². The Bertz CT molecular complexity index is 2670. The minimum atomic E-state index is -0.201. The van der Waals surface area contributed by atoms with Crippen LogP contribution in [-0.2, 0) is 5.41 Å². The van der Waals surface area contributed by atoms with Crippen LogP contribution in [0.15, 0.2) is 146 Å². The fraction of sp³-hybridized carbons (Fsp3) is 0.111. The van der Waals surface area contributed by atoms with E-state index in [0.717, 1.165) is 84.7 Å². The van der Waals surface area contributed by atoms with Crippen molar-refractivity contribution in [3.8, 4) is 39.7 Å². The molecule has 0 fully saturated rings. The van der Waals surface area contributed by atoms with Crippen molar-refractivity contribution in [3.63, 3.8) is 0 Å². The molecule has 10 rings (SSSR count). The van der Waals surface area contributed by atoms with Gasteiger partial charge in [-0.1, -0.05) is 99.6 Å². The topological polar surface area (TPSA) is 46.4 Å².